The zero-order valence-corrected chi connectivity index (χ0v) is 11.4. The number of morpholine rings is 1. The maximum Gasteiger partial charge on any atom is 0.391 e. The van der Waals surface area contributed by atoms with Gasteiger partial charge in [-0.1, -0.05) is 6.42 Å². The Labute approximate surface area is 112 Å². The Hall–Kier alpha value is -0.330. The first-order chi connectivity index (χ1) is 8.89. The summed E-state index contributed by atoms with van der Waals surface area (Å²) in [5, 5.41) is 0. The number of ether oxygens (including phenoxy) is 1. The van der Waals surface area contributed by atoms with E-state index >= 15 is 0 Å². The maximum absolute atomic E-state index is 13.0. The van der Waals surface area contributed by atoms with Gasteiger partial charge in [0.25, 0.3) is 0 Å². The molecule has 0 aromatic heterocycles. The second-order valence-corrected chi connectivity index (χ2v) is 5.88. The van der Waals surface area contributed by atoms with E-state index in [0.717, 1.165) is 6.42 Å². The zero-order chi connectivity index (χ0) is 14.1. The van der Waals surface area contributed by atoms with Gasteiger partial charge in [-0.15, -0.1) is 0 Å². The average molecular weight is 280 g/mol. The van der Waals surface area contributed by atoms with Gasteiger partial charge in [-0.25, -0.2) is 0 Å². The number of alkyl halides is 3. The summed E-state index contributed by atoms with van der Waals surface area (Å²) in [5.41, 5.74) is 5.39. The second kappa shape index (κ2) is 5.58. The molecule has 2 fully saturated rings. The van der Waals surface area contributed by atoms with Crippen molar-refractivity contribution in [1.82, 2.24) is 4.90 Å². The summed E-state index contributed by atoms with van der Waals surface area (Å²) in [7, 11) is 0. The van der Waals surface area contributed by atoms with Gasteiger partial charge in [-0.05, 0) is 26.2 Å². The summed E-state index contributed by atoms with van der Waals surface area (Å²) >= 11 is 0. The lowest BCUT2D eigenvalue weighted by atomic mass is 9.73. The minimum Gasteiger partial charge on any atom is -0.379 e. The van der Waals surface area contributed by atoms with Gasteiger partial charge in [0.2, 0.25) is 0 Å². The number of rotatable bonds is 2. The Morgan fingerprint density at radius 2 is 2.16 bits per heavy atom. The van der Waals surface area contributed by atoms with Crippen LogP contribution in [0.5, 0.6) is 0 Å². The number of hydrogen-bond acceptors (Lipinski definition) is 3. The van der Waals surface area contributed by atoms with Crippen LogP contribution in [-0.2, 0) is 4.74 Å². The summed E-state index contributed by atoms with van der Waals surface area (Å²) < 4.78 is 44.4. The largest absolute Gasteiger partial charge is 0.391 e. The molecule has 2 aliphatic rings. The molecule has 3 unspecified atom stereocenters. The fourth-order valence-electron chi connectivity index (χ4n) is 3.62. The lowest BCUT2D eigenvalue weighted by molar-refractivity contribution is -0.198. The molecule has 3 atom stereocenters. The quantitative estimate of drug-likeness (QED) is 0.842. The van der Waals surface area contributed by atoms with E-state index in [0.29, 0.717) is 32.7 Å². The molecule has 0 aromatic carbocycles. The standard InChI is InChI=1S/C13H23F3N2O/c1-10-8-19-6-5-18(10)12(9-17)4-2-3-11(7-12)13(14,15)16/h10-11H,2-9,17H2,1H3. The molecule has 2 rings (SSSR count). The second-order valence-electron chi connectivity index (χ2n) is 5.88. The highest BCUT2D eigenvalue weighted by molar-refractivity contribution is 5.00. The molecule has 1 aliphatic carbocycles. The molecule has 0 aromatic rings. The van der Waals surface area contributed by atoms with Crippen molar-refractivity contribution in [2.45, 2.75) is 50.4 Å². The molecular formula is C13H23F3N2O. The normalized spacial score (nSPS) is 38.4. The maximum atomic E-state index is 13.0. The van der Waals surface area contributed by atoms with Gasteiger partial charge in [0.05, 0.1) is 19.1 Å². The summed E-state index contributed by atoms with van der Waals surface area (Å²) in [6, 6.07) is 0.143. The molecule has 3 nitrogen and oxygen atoms in total. The highest BCUT2D eigenvalue weighted by Gasteiger charge is 2.50. The van der Waals surface area contributed by atoms with E-state index in [9.17, 15) is 13.2 Å². The van der Waals surface area contributed by atoms with Gasteiger partial charge in [-0.3, -0.25) is 4.90 Å². The monoisotopic (exact) mass is 280 g/mol. The summed E-state index contributed by atoms with van der Waals surface area (Å²) in [4.78, 5) is 2.16. The van der Waals surface area contributed by atoms with E-state index in [1.807, 2.05) is 6.92 Å². The SMILES string of the molecule is CC1COCCN1C1(CN)CCCC(C(F)(F)F)C1. The van der Waals surface area contributed by atoms with Crippen molar-refractivity contribution in [1.29, 1.82) is 0 Å². The molecule has 1 saturated heterocycles. The molecule has 6 heteroatoms. The van der Waals surface area contributed by atoms with Crippen LogP contribution >= 0.6 is 0 Å². The van der Waals surface area contributed by atoms with Crippen molar-refractivity contribution in [3.05, 3.63) is 0 Å². The molecule has 1 aliphatic heterocycles. The first kappa shape index (κ1) is 15.1. The van der Waals surface area contributed by atoms with Crippen LogP contribution in [-0.4, -0.2) is 49.0 Å². The van der Waals surface area contributed by atoms with Crippen LogP contribution in [0.4, 0.5) is 13.2 Å². The first-order valence-electron chi connectivity index (χ1n) is 7.00. The lowest BCUT2D eigenvalue weighted by Gasteiger charge is -2.52. The van der Waals surface area contributed by atoms with Crippen molar-refractivity contribution in [3.8, 4) is 0 Å². The molecular weight excluding hydrogens is 257 g/mol. The van der Waals surface area contributed by atoms with Crippen LogP contribution in [0.3, 0.4) is 0 Å². The van der Waals surface area contributed by atoms with E-state index in [1.54, 1.807) is 0 Å². The van der Waals surface area contributed by atoms with Gasteiger partial charge in [0, 0.05) is 24.7 Å². The van der Waals surface area contributed by atoms with Crippen LogP contribution in [0.1, 0.15) is 32.6 Å². The molecule has 1 saturated carbocycles. The molecule has 112 valence electrons. The van der Waals surface area contributed by atoms with Crippen molar-refractivity contribution in [2.75, 3.05) is 26.3 Å². The van der Waals surface area contributed by atoms with Gasteiger partial charge < -0.3 is 10.5 Å². The Bertz CT molecular complexity index is 311. The number of hydrogen-bond donors (Lipinski definition) is 1. The minimum atomic E-state index is -4.10. The highest BCUT2D eigenvalue weighted by Crippen LogP contribution is 2.44. The third kappa shape index (κ3) is 3.06. The van der Waals surface area contributed by atoms with E-state index in [4.69, 9.17) is 10.5 Å². The van der Waals surface area contributed by atoms with Crippen LogP contribution in [0.2, 0.25) is 0 Å². The smallest absolute Gasteiger partial charge is 0.379 e. The zero-order valence-electron chi connectivity index (χ0n) is 11.4. The van der Waals surface area contributed by atoms with Crippen LogP contribution in [0, 0.1) is 5.92 Å². The fourth-order valence-corrected chi connectivity index (χ4v) is 3.62. The predicted octanol–water partition coefficient (Wildman–Crippen LogP) is 2.16. The fraction of sp³-hybridized carbons (Fsp3) is 1.00. The highest BCUT2D eigenvalue weighted by atomic mass is 19.4. The van der Waals surface area contributed by atoms with E-state index in [2.05, 4.69) is 4.90 Å². The minimum absolute atomic E-state index is 0.136. The lowest BCUT2D eigenvalue weighted by Crippen LogP contribution is -2.63. The predicted molar refractivity (Wildman–Crippen MR) is 66.8 cm³/mol. The van der Waals surface area contributed by atoms with Crippen molar-refractivity contribution in [3.63, 3.8) is 0 Å². The Morgan fingerprint density at radius 1 is 1.42 bits per heavy atom. The molecule has 0 spiro atoms. The van der Waals surface area contributed by atoms with E-state index in [1.165, 1.54) is 0 Å². The van der Waals surface area contributed by atoms with E-state index in [-0.39, 0.29) is 18.9 Å². The first-order valence-corrected chi connectivity index (χ1v) is 7.00. The summed E-state index contributed by atoms with van der Waals surface area (Å²) in [5.74, 6) is -1.21. The topological polar surface area (TPSA) is 38.5 Å². The van der Waals surface area contributed by atoms with Gasteiger partial charge in [0.15, 0.2) is 0 Å². The molecule has 2 N–H and O–H groups in total. The number of nitrogens with zero attached hydrogens (tertiary/aromatic N) is 1. The summed E-state index contributed by atoms with van der Waals surface area (Å²) in [6.45, 7) is 4.15. The molecule has 0 amide bonds. The summed E-state index contributed by atoms with van der Waals surface area (Å²) in [6.07, 6.45) is -2.36. The van der Waals surface area contributed by atoms with Crippen LogP contribution in [0.25, 0.3) is 0 Å². The average Bonchev–Trinajstić information content (AvgIpc) is 2.38. The van der Waals surface area contributed by atoms with E-state index < -0.39 is 17.6 Å². The Kier molecular flexibility index (Phi) is 4.42. The van der Waals surface area contributed by atoms with Gasteiger partial charge in [0.1, 0.15) is 0 Å². The van der Waals surface area contributed by atoms with Gasteiger partial charge in [-0.2, -0.15) is 13.2 Å². The van der Waals surface area contributed by atoms with Gasteiger partial charge >= 0.3 is 6.18 Å². The van der Waals surface area contributed by atoms with Crippen LogP contribution in [0.15, 0.2) is 0 Å². The molecule has 1 heterocycles. The Balaban J connectivity index is 2.16. The molecule has 0 bridgehead atoms. The number of halogens is 3. The molecule has 0 radical (unpaired) electrons. The van der Waals surface area contributed by atoms with Crippen LogP contribution < -0.4 is 5.73 Å². The third-order valence-corrected chi connectivity index (χ3v) is 4.64. The third-order valence-electron chi connectivity index (χ3n) is 4.64. The Morgan fingerprint density at radius 3 is 2.74 bits per heavy atom. The number of nitrogens with two attached hydrogens (primary N) is 1. The molecule has 19 heavy (non-hydrogen) atoms. The van der Waals surface area contributed by atoms with Crippen molar-refractivity contribution in [2.24, 2.45) is 11.7 Å². The van der Waals surface area contributed by atoms with Crippen molar-refractivity contribution >= 4 is 0 Å². The van der Waals surface area contributed by atoms with Crippen molar-refractivity contribution < 1.29 is 17.9 Å².